The van der Waals surface area contributed by atoms with E-state index in [1.165, 1.54) is 19.3 Å². The van der Waals surface area contributed by atoms with Crippen LogP contribution in [0.1, 0.15) is 40.0 Å². The molecule has 102 valence electrons. The standard InChI is InChI=1S/C14H30N2O/c1-5-7-15-13(10-12(3)6-2)14-11-16(4)8-9-17-14/h12-15H,5-11H2,1-4H3. The minimum absolute atomic E-state index is 0.370. The Morgan fingerprint density at radius 3 is 2.76 bits per heavy atom. The van der Waals surface area contributed by atoms with Crippen LogP contribution in [0.25, 0.3) is 0 Å². The zero-order valence-electron chi connectivity index (χ0n) is 12.0. The van der Waals surface area contributed by atoms with Crippen LogP contribution in [0.15, 0.2) is 0 Å². The van der Waals surface area contributed by atoms with Crippen molar-refractivity contribution in [3.63, 3.8) is 0 Å². The first kappa shape index (κ1) is 14.9. The molecule has 1 aliphatic heterocycles. The summed E-state index contributed by atoms with van der Waals surface area (Å²) in [5.41, 5.74) is 0. The van der Waals surface area contributed by atoms with Crippen LogP contribution in [0.2, 0.25) is 0 Å². The summed E-state index contributed by atoms with van der Waals surface area (Å²) in [6.45, 7) is 11.0. The molecule has 0 aromatic rings. The van der Waals surface area contributed by atoms with E-state index in [1.807, 2.05) is 0 Å². The lowest BCUT2D eigenvalue weighted by Crippen LogP contribution is -2.51. The van der Waals surface area contributed by atoms with Crippen molar-refractivity contribution in [2.45, 2.75) is 52.2 Å². The summed E-state index contributed by atoms with van der Waals surface area (Å²) in [6, 6.07) is 0.521. The van der Waals surface area contributed by atoms with Gasteiger partial charge in [0.2, 0.25) is 0 Å². The zero-order chi connectivity index (χ0) is 12.7. The number of hydrogen-bond donors (Lipinski definition) is 1. The topological polar surface area (TPSA) is 24.5 Å². The summed E-state index contributed by atoms with van der Waals surface area (Å²) in [6.07, 6.45) is 4.05. The minimum atomic E-state index is 0.370. The molecule has 0 spiro atoms. The van der Waals surface area contributed by atoms with Crippen molar-refractivity contribution in [2.24, 2.45) is 5.92 Å². The second-order valence-electron chi connectivity index (χ2n) is 5.48. The van der Waals surface area contributed by atoms with Gasteiger partial charge in [-0.2, -0.15) is 0 Å². The quantitative estimate of drug-likeness (QED) is 0.740. The van der Waals surface area contributed by atoms with Crippen LogP contribution in [0.3, 0.4) is 0 Å². The highest BCUT2D eigenvalue weighted by atomic mass is 16.5. The molecule has 3 unspecified atom stereocenters. The van der Waals surface area contributed by atoms with Crippen molar-refractivity contribution in [2.75, 3.05) is 33.3 Å². The molecule has 3 nitrogen and oxygen atoms in total. The number of rotatable bonds is 7. The zero-order valence-corrected chi connectivity index (χ0v) is 12.0. The van der Waals surface area contributed by atoms with Crippen LogP contribution in [-0.4, -0.2) is 50.3 Å². The van der Waals surface area contributed by atoms with E-state index in [2.05, 4.69) is 38.0 Å². The van der Waals surface area contributed by atoms with Gasteiger partial charge in [0, 0.05) is 19.1 Å². The third kappa shape index (κ3) is 5.36. The van der Waals surface area contributed by atoms with Gasteiger partial charge in [-0.15, -0.1) is 0 Å². The molecule has 1 N–H and O–H groups in total. The largest absolute Gasteiger partial charge is 0.374 e. The van der Waals surface area contributed by atoms with Crippen molar-refractivity contribution in [1.82, 2.24) is 10.2 Å². The summed E-state index contributed by atoms with van der Waals surface area (Å²) in [7, 11) is 2.19. The highest BCUT2D eigenvalue weighted by molar-refractivity contribution is 4.83. The van der Waals surface area contributed by atoms with Crippen LogP contribution in [0.5, 0.6) is 0 Å². The van der Waals surface area contributed by atoms with Crippen molar-refractivity contribution < 1.29 is 4.74 Å². The van der Waals surface area contributed by atoms with Gasteiger partial charge in [-0.3, -0.25) is 0 Å². The Bertz CT molecular complexity index is 199. The third-order valence-electron chi connectivity index (χ3n) is 3.76. The molecule has 0 amide bonds. The molecule has 0 aromatic heterocycles. The average molecular weight is 242 g/mol. The summed E-state index contributed by atoms with van der Waals surface area (Å²) >= 11 is 0. The van der Waals surface area contributed by atoms with Crippen molar-refractivity contribution in [1.29, 1.82) is 0 Å². The molecule has 17 heavy (non-hydrogen) atoms. The van der Waals surface area contributed by atoms with Gasteiger partial charge >= 0.3 is 0 Å². The molecule has 1 rings (SSSR count). The van der Waals surface area contributed by atoms with Crippen LogP contribution < -0.4 is 5.32 Å². The number of nitrogens with one attached hydrogen (secondary N) is 1. The smallest absolute Gasteiger partial charge is 0.0855 e. The van der Waals surface area contributed by atoms with E-state index in [-0.39, 0.29) is 0 Å². The monoisotopic (exact) mass is 242 g/mol. The lowest BCUT2D eigenvalue weighted by Gasteiger charge is -2.36. The Hall–Kier alpha value is -0.120. The first-order valence-corrected chi connectivity index (χ1v) is 7.20. The van der Waals surface area contributed by atoms with E-state index in [4.69, 9.17) is 4.74 Å². The van der Waals surface area contributed by atoms with Gasteiger partial charge in [-0.05, 0) is 32.4 Å². The SMILES string of the molecule is CCCNC(CC(C)CC)C1CN(C)CCO1. The van der Waals surface area contributed by atoms with Gasteiger partial charge in [0.15, 0.2) is 0 Å². The Morgan fingerprint density at radius 1 is 1.41 bits per heavy atom. The number of ether oxygens (including phenoxy) is 1. The number of nitrogens with zero attached hydrogens (tertiary/aromatic N) is 1. The van der Waals surface area contributed by atoms with E-state index >= 15 is 0 Å². The average Bonchev–Trinajstić information content (AvgIpc) is 2.34. The molecule has 1 fully saturated rings. The maximum Gasteiger partial charge on any atom is 0.0855 e. The lowest BCUT2D eigenvalue weighted by molar-refractivity contribution is -0.0421. The fourth-order valence-electron chi connectivity index (χ4n) is 2.35. The van der Waals surface area contributed by atoms with Crippen LogP contribution in [0.4, 0.5) is 0 Å². The van der Waals surface area contributed by atoms with E-state index in [0.29, 0.717) is 12.1 Å². The maximum absolute atomic E-state index is 5.95. The second-order valence-corrected chi connectivity index (χ2v) is 5.48. The van der Waals surface area contributed by atoms with Crippen molar-refractivity contribution in [3.8, 4) is 0 Å². The predicted octanol–water partition coefficient (Wildman–Crippen LogP) is 2.12. The Balaban J connectivity index is 2.47. The molecular formula is C14H30N2O. The fourth-order valence-corrected chi connectivity index (χ4v) is 2.35. The second kappa shape index (κ2) is 8.06. The third-order valence-corrected chi connectivity index (χ3v) is 3.76. The highest BCUT2D eigenvalue weighted by Crippen LogP contribution is 2.17. The van der Waals surface area contributed by atoms with Crippen molar-refractivity contribution >= 4 is 0 Å². The van der Waals surface area contributed by atoms with E-state index in [1.54, 1.807) is 0 Å². The molecule has 1 heterocycles. The number of morpholine rings is 1. The minimum Gasteiger partial charge on any atom is -0.374 e. The fraction of sp³-hybridized carbons (Fsp3) is 1.00. The lowest BCUT2D eigenvalue weighted by atomic mass is 9.95. The van der Waals surface area contributed by atoms with Gasteiger partial charge in [0.25, 0.3) is 0 Å². The molecule has 0 radical (unpaired) electrons. The van der Waals surface area contributed by atoms with Crippen LogP contribution >= 0.6 is 0 Å². The van der Waals surface area contributed by atoms with E-state index < -0.39 is 0 Å². The molecule has 1 saturated heterocycles. The van der Waals surface area contributed by atoms with Crippen LogP contribution in [-0.2, 0) is 4.74 Å². The van der Waals surface area contributed by atoms with Gasteiger partial charge in [0.1, 0.15) is 0 Å². The number of likely N-dealkylation sites (N-methyl/N-ethyl adjacent to an activating group) is 1. The van der Waals surface area contributed by atoms with E-state index in [9.17, 15) is 0 Å². The van der Waals surface area contributed by atoms with Gasteiger partial charge in [-0.25, -0.2) is 0 Å². The molecule has 0 aromatic carbocycles. The Labute approximate surface area is 107 Å². The molecule has 1 aliphatic rings. The maximum atomic E-state index is 5.95. The molecule has 0 saturated carbocycles. The Morgan fingerprint density at radius 2 is 2.18 bits per heavy atom. The summed E-state index contributed by atoms with van der Waals surface area (Å²) < 4.78 is 5.95. The summed E-state index contributed by atoms with van der Waals surface area (Å²) in [4.78, 5) is 2.38. The van der Waals surface area contributed by atoms with Gasteiger partial charge < -0.3 is 15.0 Å². The first-order valence-electron chi connectivity index (χ1n) is 7.20. The highest BCUT2D eigenvalue weighted by Gasteiger charge is 2.27. The summed E-state index contributed by atoms with van der Waals surface area (Å²) in [5, 5.41) is 3.67. The molecule has 0 bridgehead atoms. The van der Waals surface area contributed by atoms with Gasteiger partial charge in [0.05, 0.1) is 12.7 Å². The van der Waals surface area contributed by atoms with Crippen LogP contribution in [0, 0.1) is 5.92 Å². The summed E-state index contributed by atoms with van der Waals surface area (Å²) in [5.74, 6) is 0.778. The van der Waals surface area contributed by atoms with Crippen molar-refractivity contribution in [3.05, 3.63) is 0 Å². The predicted molar refractivity (Wildman–Crippen MR) is 73.4 cm³/mol. The molecule has 0 aliphatic carbocycles. The molecule has 3 atom stereocenters. The van der Waals surface area contributed by atoms with E-state index in [0.717, 1.165) is 32.2 Å². The normalized spacial score (nSPS) is 25.8. The van der Waals surface area contributed by atoms with Gasteiger partial charge in [-0.1, -0.05) is 27.2 Å². The molecule has 3 heteroatoms. The Kier molecular flexibility index (Phi) is 7.09. The molecular weight excluding hydrogens is 212 g/mol. The first-order chi connectivity index (χ1) is 8.17. The number of hydrogen-bond acceptors (Lipinski definition) is 3.